The Balaban J connectivity index is 2.01. The minimum Gasteiger partial charge on any atom is -0.497 e. The molecule has 2 aromatic carbocycles. The van der Waals surface area contributed by atoms with E-state index in [1.54, 1.807) is 38.5 Å². The normalized spacial score (nSPS) is 9.87. The van der Waals surface area contributed by atoms with Crippen molar-refractivity contribution in [2.75, 3.05) is 19.5 Å². The van der Waals surface area contributed by atoms with E-state index in [1.165, 1.54) is 0 Å². The van der Waals surface area contributed by atoms with Crippen LogP contribution in [0.2, 0.25) is 0 Å². The Morgan fingerprint density at radius 2 is 1.91 bits per heavy atom. The van der Waals surface area contributed by atoms with E-state index in [9.17, 15) is 4.79 Å². The fraction of sp³-hybridized carbons (Fsp3) is 0.125. The monoisotopic (exact) mass is 394 g/mol. The number of carbonyl (C=O) groups excluding carboxylic acids is 1. The molecule has 2 rings (SSSR count). The second-order valence-corrected chi connectivity index (χ2v) is 5.75. The van der Waals surface area contributed by atoms with Crippen molar-refractivity contribution in [2.45, 2.75) is 0 Å². The molecule has 0 spiro atoms. The van der Waals surface area contributed by atoms with Gasteiger partial charge in [0.15, 0.2) is 5.11 Å². The smallest absolute Gasteiger partial charge is 0.257 e. The molecule has 0 aliphatic rings. The van der Waals surface area contributed by atoms with Gasteiger partial charge in [-0.15, -0.1) is 0 Å². The van der Waals surface area contributed by atoms with E-state index in [4.69, 9.17) is 21.7 Å². The summed E-state index contributed by atoms with van der Waals surface area (Å²) in [5, 5.41) is 5.77. The number of amides is 1. The predicted molar refractivity (Wildman–Crippen MR) is 97.4 cm³/mol. The van der Waals surface area contributed by atoms with Crippen LogP contribution in [0.25, 0.3) is 0 Å². The highest BCUT2D eigenvalue weighted by Crippen LogP contribution is 2.25. The lowest BCUT2D eigenvalue weighted by atomic mass is 10.2. The zero-order valence-corrected chi connectivity index (χ0v) is 15.0. The Labute approximate surface area is 148 Å². The number of methoxy groups -OCH3 is 2. The van der Waals surface area contributed by atoms with Crippen molar-refractivity contribution in [3.63, 3.8) is 0 Å². The molecule has 0 aliphatic heterocycles. The second-order valence-electron chi connectivity index (χ2n) is 4.49. The van der Waals surface area contributed by atoms with Crippen LogP contribution in [0.3, 0.4) is 0 Å². The van der Waals surface area contributed by atoms with Crippen molar-refractivity contribution in [1.82, 2.24) is 5.32 Å². The van der Waals surface area contributed by atoms with Gasteiger partial charge in [-0.3, -0.25) is 10.1 Å². The largest absolute Gasteiger partial charge is 0.497 e. The lowest BCUT2D eigenvalue weighted by Gasteiger charge is -2.11. The first-order valence-electron chi connectivity index (χ1n) is 6.63. The average Bonchev–Trinajstić information content (AvgIpc) is 2.54. The van der Waals surface area contributed by atoms with Crippen LogP contribution < -0.4 is 20.1 Å². The molecule has 1 amide bonds. The van der Waals surface area contributed by atoms with Gasteiger partial charge in [0.25, 0.3) is 5.91 Å². The van der Waals surface area contributed by atoms with E-state index >= 15 is 0 Å². The molecule has 0 aliphatic carbocycles. The van der Waals surface area contributed by atoms with Crippen LogP contribution in [-0.2, 0) is 0 Å². The Hall–Kier alpha value is -2.12. The van der Waals surface area contributed by atoms with E-state index in [0.29, 0.717) is 21.5 Å². The third-order valence-electron chi connectivity index (χ3n) is 2.97. The molecule has 0 radical (unpaired) electrons. The Morgan fingerprint density at radius 3 is 2.57 bits per heavy atom. The van der Waals surface area contributed by atoms with Gasteiger partial charge in [0, 0.05) is 17.3 Å². The Bertz CT molecular complexity index is 737. The summed E-state index contributed by atoms with van der Waals surface area (Å²) in [5.41, 5.74) is 1.19. The fourth-order valence-corrected chi connectivity index (χ4v) is 2.60. The summed E-state index contributed by atoms with van der Waals surface area (Å²) in [4.78, 5) is 12.2. The topological polar surface area (TPSA) is 59.6 Å². The summed E-state index contributed by atoms with van der Waals surface area (Å²) < 4.78 is 11.0. The number of rotatable bonds is 4. The SMILES string of the molecule is COc1cccc(NC(=S)NC(=O)c2ccc(OC)c(Br)c2)c1. The highest BCUT2D eigenvalue weighted by Gasteiger charge is 2.10. The summed E-state index contributed by atoms with van der Waals surface area (Å²) in [5.74, 6) is 1.04. The zero-order chi connectivity index (χ0) is 16.8. The standard InChI is InChI=1S/C16H15BrN2O3S/c1-21-12-5-3-4-11(9-12)18-16(23)19-15(20)10-6-7-14(22-2)13(17)8-10/h3-9H,1-2H3,(H2,18,19,20,23). The number of hydrogen-bond donors (Lipinski definition) is 2. The van der Waals surface area contributed by atoms with Crippen molar-refractivity contribution in [3.05, 3.63) is 52.5 Å². The molecule has 0 saturated carbocycles. The summed E-state index contributed by atoms with van der Waals surface area (Å²) in [6.45, 7) is 0. The molecule has 7 heteroatoms. The van der Waals surface area contributed by atoms with Crippen molar-refractivity contribution in [2.24, 2.45) is 0 Å². The number of thiocarbonyl (C=S) groups is 1. The molecule has 23 heavy (non-hydrogen) atoms. The molecule has 2 aromatic rings. The summed E-state index contributed by atoms with van der Waals surface area (Å²) in [7, 11) is 3.15. The lowest BCUT2D eigenvalue weighted by molar-refractivity contribution is 0.0977. The highest BCUT2D eigenvalue weighted by atomic mass is 79.9. The van der Waals surface area contributed by atoms with Crippen LogP contribution in [0.4, 0.5) is 5.69 Å². The number of anilines is 1. The maximum Gasteiger partial charge on any atom is 0.257 e. The van der Waals surface area contributed by atoms with Crippen molar-refractivity contribution in [1.29, 1.82) is 0 Å². The molecular formula is C16H15BrN2O3S. The van der Waals surface area contributed by atoms with Gasteiger partial charge in [0.05, 0.1) is 18.7 Å². The molecule has 0 fully saturated rings. The second kappa shape index (κ2) is 7.94. The van der Waals surface area contributed by atoms with E-state index < -0.39 is 0 Å². The maximum atomic E-state index is 12.2. The summed E-state index contributed by atoms with van der Waals surface area (Å²) in [6.07, 6.45) is 0. The van der Waals surface area contributed by atoms with Gasteiger partial charge in [-0.05, 0) is 58.5 Å². The molecular weight excluding hydrogens is 380 g/mol. The van der Waals surface area contributed by atoms with Crippen molar-refractivity contribution in [3.8, 4) is 11.5 Å². The number of carbonyl (C=O) groups is 1. The lowest BCUT2D eigenvalue weighted by Crippen LogP contribution is -2.34. The van der Waals surface area contributed by atoms with Crippen LogP contribution in [0.15, 0.2) is 46.9 Å². The van der Waals surface area contributed by atoms with Gasteiger partial charge < -0.3 is 14.8 Å². The summed E-state index contributed by atoms with van der Waals surface area (Å²) >= 11 is 8.50. The highest BCUT2D eigenvalue weighted by molar-refractivity contribution is 9.10. The molecule has 120 valence electrons. The third-order valence-corrected chi connectivity index (χ3v) is 3.79. The number of ether oxygens (including phenoxy) is 2. The first-order valence-corrected chi connectivity index (χ1v) is 7.83. The van der Waals surface area contributed by atoms with Crippen LogP contribution in [0.1, 0.15) is 10.4 Å². The molecule has 2 N–H and O–H groups in total. The first-order chi connectivity index (χ1) is 11.0. The third kappa shape index (κ3) is 4.67. The fourth-order valence-electron chi connectivity index (χ4n) is 1.85. The minimum absolute atomic E-state index is 0.204. The van der Waals surface area contributed by atoms with Gasteiger partial charge in [-0.1, -0.05) is 6.07 Å². The van der Waals surface area contributed by atoms with Crippen molar-refractivity contribution >= 4 is 44.9 Å². The average molecular weight is 395 g/mol. The van der Waals surface area contributed by atoms with E-state index in [1.807, 2.05) is 18.2 Å². The van der Waals surface area contributed by atoms with E-state index in [2.05, 4.69) is 26.6 Å². The van der Waals surface area contributed by atoms with E-state index in [0.717, 1.165) is 5.69 Å². The minimum atomic E-state index is -0.311. The van der Waals surface area contributed by atoms with E-state index in [-0.39, 0.29) is 11.0 Å². The molecule has 0 heterocycles. The maximum absolute atomic E-state index is 12.2. The van der Waals surface area contributed by atoms with Crippen LogP contribution >= 0.6 is 28.1 Å². The molecule has 0 atom stereocenters. The Morgan fingerprint density at radius 1 is 1.13 bits per heavy atom. The number of nitrogens with one attached hydrogen (secondary N) is 2. The van der Waals surface area contributed by atoms with Gasteiger partial charge in [0.2, 0.25) is 0 Å². The molecule has 0 aromatic heterocycles. The zero-order valence-electron chi connectivity index (χ0n) is 12.6. The molecule has 0 bridgehead atoms. The molecule has 5 nitrogen and oxygen atoms in total. The predicted octanol–water partition coefficient (Wildman–Crippen LogP) is 3.59. The molecule has 0 unspecified atom stereocenters. The summed E-state index contributed by atoms with van der Waals surface area (Å²) in [6, 6.07) is 12.3. The van der Waals surface area contributed by atoms with Gasteiger partial charge in [-0.2, -0.15) is 0 Å². The quantitative estimate of drug-likeness (QED) is 0.775. The van der Waals surface area contributed by atoms with Gasteiger partial charge in [0.1, 0.15) is 11.5 Å². The van der Waals surface area contributed by atoms with Crippen molar-refractivity contribution < 1.29 is 14.3 Å². The van der Waals surface area contributed by atoms with Crippen LogP contribution in [-0.4, -0.2) is 25.2 Å². The van der Waals surface area contributed by atoms with Crippen LogP contribution in [0.5, 0.6) is 11.5 Å². The van der Waals surface area contributed by atoms with Crippen LogP contribution in [0, 0.1) is 0 Å². The first kappa shape index (κ1) is 17.2. The van der Waals surface area contributed by atoms with Gasteiger partial charge in [-0.25, -0.2) is 0 Å². The Kier molecular flexibility index (Phi) is 5.95. The number of benzene rings is 2. The number of halogens is 1. The number of hydrogen-bond acceptors (Lipinski definition) is 4. The van der Waals surface area contributed by atoms with Gasteiger partial charge >= 0.3 is 0 Å². The molecule has 0 saturated heterocycles.